The molecule has 2 aromatic carbocycles. The Bertz CT molecular complexity index is 1700. The van der Waals surface area contributed by atoms with Gasteiger partial charge in [-0.1, -0.05) is 35.3 Å². The molecule has 36 heavy (non-hydrogen) atoms. The Hall–Kier alpha value is -5.04. The molecule has 0 amide bonds. The molecule has 0 spiro atoms. The van der Waals surface area contributed by atoms with Gasteiger partial charge in [0, 0.05) is 12.5 Å². The van der Waals surface area contributed by atoms with Crippen molar-refractivity contribution in [2.75, 3.05) is 11.1 Å². The quantitative estimate of drug-likeness (QED) is 0.362. The van der Waals surface area contributed by atoms with E-state index in [4.69, 9.17) is 15.2 Å². The summed E-state index contributed by atoms with van der Waals surface area (Å²) < 4.78 is 6.71. The van der Waals surface area contributed by atoms with Crippen molar-refractivity contribution in [1.29, 1.82) is 0 Å². The van der Waals surface area contributed by atoms with E-state index >= 15 is 0 Å². The number of nitrogens with one attached hydrogen (secondary N) is 1. The van der Waals surface area contributed by atoms with Crippen LogP contribution in [0.5, 0.6) is 0 Å². The lowest BCUT2D eigenvalue weighted by Gasteiger charge is -2.21. The van der Waals surface area contributed by atoms with Crippen molar-refractivity contribution in [3.05, 3.63) is 82.5 Å². The Labute approximate surface area is 206 Å². The molecule has 3 heterocycles. The fourth-order valence-corrected chi connectivity index (χ4v) is 4.00. The number of rotatable bonds is 5. The van der Waals surface area contributed by atoms with Crippen LogP contribution in [0.1, 0.15) is 37.2 Å². The third-order valence-electron chi connectivity index (χ3n) is 5.57. The number of para-hydroxylation sites is 1. The van der Waals surface area contributed by atoms with Gasteiger partial charge < -0.3 is 15.6 Å². The van der Waals surface area contributed by atoms with Gasteiger partial charge in [0.15, 0.2) is 0 Å². The highest BCUT2D eigenvalue weighted by atomic mass is 16.5. The van der Waals surface area contributed by atoms with Gasteiger partial charge >= 0.3 is 0 Å². The van der Waals surface area contributed by atoms with Crippen LogP contribution >= 0.6 is 0 Å². The lowest BCUT2D eigenvalue weighted by molar-refractivity contribution is 0.394. The summed E-state index contributed by atoms with van der Waals surface area (Å²) in [5.74, 6) is 7.59. The van der Waals surface area contributed by atoms with Crippen LogP contribution in [0.2, 0.25) is 0 Å². The topological polar surface area (TPSA) is 138 Å². The average molecular weight is 479 g/mol. The summed E-state index contributed by atoms with van der Waals surface area (Å²) in [5.41, 5.74) is 8.18. The first kappa shape index (κ1) is 22.7. The molecule has 5 rings (SSSR count). The lowest BCUT2D eigenvalue weighted by atomic mass is 10.1. The second-order valence-electron chi connectivity index (χ2n) is 8.01. The number of nitrogens with two attached hydrogens (primary N) is 1. The van der Waals surface area contributed by atoms with Crippen molar-refractivity contribution < 1.29 is 4.52 Å². The van der Waals surface area contributed by atoms with Gasteiger partial charge in [-0.15, -0.1) is 5.92 Å². The molecule has 10 nitrogen and oxygen atoms in total. The zero-order valence-electron chi connectivity index (χ0n) is 19.9. The van der Waals surface area contributed by atoms with Gasteiger partial charge in [-0.2, -0.15) is 4.98 Å². The molecule has 0 fully saturated rings. The SMILES string of the molecule is CC#Cc1cccc2nc([C@H](C)Nc3ncnc(N)c3-c3noc(C)n3)n(-c3ccccc3)c(=O)c12. The number of nitrogens with zero attached hydrogens (tertiary/aromatic N) is 6. The summed E-state index contributed by atoms with van der Waals surface area (Å²) in [6.07, 6.45) is 1.34. The van der Waals surface area contributed by atoms with Crippen LogP contribution in [-0.2, 0) is 0 Å². The minimum absolute atomic E-state index is 0.190. The Morgan fingerprint density at radius 2 is 1.89 bits per heavy atom. The summed E-state index contributed by atoms with van der Waals surface area (Å²) in [7, 11) is 0. The summed E-state index contributed by atoms with van der Waals surface area (Å²) in [5, 5.41) is 7.74. The summed E-state index contributed by atoms with van der Waals surface area (Å²) in [6.45, 7) is 5.30. The van der Waals surface area contributed by atoms with Crippen molar-refractivity contribution in [1.82, 2.24) is 29.7 Å². The fraction of sp³-hybridized carbons (Fsp3) is 0.154. The van der Waals surface area contributed by atoms with Gasteiger partial charge in [0.2, 0.25) is 11.7 Å². The van der Waals surface area contributed by atoms with E-state index in [1.807, 2.05) is 49.4 Å². The summed E-state index contributed by atoms with van der Waals surface area (Å²) in [6, 6.07) is 14.3. The van der Waals surface area contributed by atoms with E-state index < -0.39 is 6.04 Å². The van der Waals surface area contributed by atoms with Crippen LogP contribution in [0.15, 0.2) is 64.2 Å². The first-order chi connectivity index (χ1) is 17.5. The highest BCUT2D eigenvalue weighted by molar-refractivity contribution is 5.85. The van der Waals surface area contributed by atoms with Gasteiger partial charge in [0.05, 0.1) is 22.6 Å². The third kappa shape index (κ3) is 4.03. The van der Waals surface area contributed by atoms with E-state index in [9.17, 15) is 4.79 Å². The molecular formula is C26H22N8O2. The van der Waals surface area contributed by atoms with Gasteiger partial charge in [-0.25, -0.2) is 15.0 Å². The maximum Gasteiger partial charge on any atom is 0.267 e. The predicted molar refractivity (Wildman–Crippen MR) is 136 cm³/mol. The molecule has 178 valence electrons. The molecule has 0 aliphatic rings. The Kier molecular flexibility index (Phi) is 5.88. The number of nitrogen functional groups attached to an aromatic ring is 1. The van der Waals surface area contributed by atoms with Crippen LogP contribution in [0, 0.1) is 18.8 Å². The molecule has 0 saturated carbocycles. The van der Waals surface area contributed by atoms with Gasteiger partial charge in [0.1, 0.15) is 29.4 Å². The monoisotopic (exact) mass is 478 g/mol. The largest absolute Gasteiger partial charge is 0.383 e. The first-order valence-electron chi connectivity index (χ1n) is 11.2. The number of anilines is 2. The number of hydrogen-bond donors (Lipinski definition) is 2. The van der Waals surface area contributed by atoms with E-state index in [-0.39, 0.29) is 17.2 Å². The predicted octanol–water partition coefficient (Wildman–Crippen LogP) is 3.66. The number of hydrogen-bond acceptors (Lipinski definition) is 9. The van der Waals surface area contributed by atoms with Gasteiger partial charge in [-0.3, -0.25) is 9.36 Å². The van der Waals surface area contributed by atoms with Crippen LogP contribution in [0.25, 0.3) is 28.0 Å². The number of aryl methyl sites for hydroxylation is 1. The molecule has 0 aliphatic heterocycles. The van der Waals surface area contributed by atoms with E-state index in [0.29, 0.717) is 45.3 Å². The highest BCUT2D eigenvalue weighted by Crippen LogP contribution is 2.31. The minimum atomic E-state index is -0.482. The van der Waals surface area contributed by atoms with Crippen molar-refractivity contribution in [2.24, 2.45) is 0 Å². The number of aromatic nitrogens is 6. The van der Waals surface area contributed by atoms with Crippen molar-refractivity contribution in [2.45, 2.75) is 26.8 Å². The van der Waals surface area contributed by atoms with Crippen molar-refractivity contribution in [3.8, 4) is 28.9 Å². The fourth-order valence-electron chi connectivity index (χ4n) is 4.00. The molecule has 3 aromatic heterocycles. The van der Waals surface area contributed by atoms with E-state index in [0.717, 1.165) is 0 Å². The molecule has 5 aromatic rings. The average Bonchev–Trinajstić information content (AvgIpc) is 3.30. The first-order valence-corrected chi connectivity index (χ1v) is 11.2. The zero-order chi connectivity index (χ0) is 25.2. The molecule has 0 radical (unpaired) electrons. The second kappa shape index (κ2) is 9.31. The molecular weight excluding hydrogens is 456 g/mol. The maximum atomic E-state index is 13.9. The van der Waals surface area contributed by atoms with E-state index in [2.05, 4.69) is 37.3 Å². The molecule has 0 unspecified atom stereocenters. The van der Waals surface area contributed by atoms with Gasteiger partial charge in [0.25, 0.3) is 5.56 Å². The Morgan fingerprint density at radius 3 is 2.61 bits per heavy atom. The van der Waals surface area contributed by atoms with E-state index in [1.54, 1.807) is 24.5 Å². The van der Waals surface area contributed by atoms with Crippen LogP contribution in [0.3, 0.4) is 0 Å². The molecule has 1 atom stereocenters. The highest BCUT2D eigenvalue weighted by Gasteiger charge is 2.23. The van der Waals surface area contributed by atoms with Crippen LogP contribution in [-0.4, -0.2) is 29.7 Å². The van der Waals surface area contributed by atoms with E-state index in [1.165, 1.54) is 6.33 Å². The Morgan fingerprint density at radius 1 is 1.08 bits per heavy atom. The van der Waals surface area contributed by atoms with Crippen molar-refractivity contribution in [3.63, 3.8) is 0 Å². The van der Waals surface area contributed by atoms with Gasteiger partial charge in [-0.05, 0) is 38.1 Å². The number of benzene rings is 2. The summed E-state index contributed by atoms with van der Waals surface area (Å²) >= 11 is 0. The van der Waals surface area contributed by atoms with Crippen LogP contribution < -0.4 is 16.6 Å². The zero-order valence-corrected chi connectivity index (χ0v) is 19.9. The third-order valence-corrected chi connectivity index (χ3v) is 5.57. The lowest BCUT2D eigenvalue weighted by Crippen LogP contribution is -2.28. The second-order valence-corrected chi connectivity index (χ2v) is 8.01. The molecule has 10 heteroatoms. The molecule has 0 aliphatic carbocycles. The minimum Gasteiger partial charge on any atom is -0.383 e. The smallest absolute Gasteiger partial charge is 0.267 e. The number of fused-ring (bicyclic) bond motifs is 1. The normalized spacial score (nSPS) is 11.6. The summed E-state index contributed by atoms with van der Waals surface area (Å²) in [4.78, 5) is 31.5. The molecule has 0 saturated heterocycles. The van der Waals surface area contributed by atoms with Crippen LogP contribution in [0.4, 0.5) is 11.6 Å². The maximum absolute atomic E-state index is 13.9. The van der Waals surface area contributed by atoms with Crippen molar-refractivity contribution >= 4 is 22.5 Å². The molecule has 3 N–H and O–H groups in total. The molecule has 0 bridgehead atoms. The standard InChI is InChI=1S/C26H22N8O2/c1-4-9-17-10-8-13-19-20(17)26(35)34(18-11-6-5-7-12-18)25(32-19)15(2)30-23-21(22(27)28-14-29-23)24-31-16(3)36-33-24/h5-8,10-15H,1-3H3,(H3,27,28,29,30)/t15-/m0/s1. The Balaban J connectivity index is 1.70.